The Hall–Kier alpha value is -3.10. The van der Waals surface area contributed by atoms with Crippen molar-refractivity contribution >= 4 is 38.3 Å². The standard InChI is InChI=1S/C25H29N5O2S/c1-4-29(5-2)13-7-6-8-21(31)19-14-22-23(27-15-19)30-16-20(28-25(30)33-22)17-9-11-18(12-10-17)24(32)26-3/h9-12,14-16H,4-8,13H2,1-3H3,(H,26,32). The third kappa shape index (κ3) is 4.96. The number of carbonyl (C=O) groups excluding carboxylic acids is 2. The largest absolute Gasteiger partial charge is 0.355 e. The molecule has 0 radical (unpaired) electrons. The van der Waals surface area contributed by atoms with E-state index in [-0.39, 0.29) is 11.7 Å². The smallest absolute Gasteiger partial charge is 0.251 e. The lowest BCUT2D eigenvalue weighted by Crippen LogP contribution is -2.24. The van der Waals surface area contributed by atoms with Gasteiger partial charge in [0.15, 0.2) is 16.4 Å². The van der Waals surface area contributed by atoms with Crippen molar-refractivity contribution in [3.63, 3.8) is 0 Å². The molecule has 1 N–H and O–H groups in total. The van der Waals surface area contributed by atoms with Crippen LogP contribution >= 0.6 is 11.3 Å². The quantitative estimate of drug-likeness (QED) is 0.273. The van der Waals surface area contributed by atoms with Gasteiger partial charge in [-0.1, -0.05) is 37.3 Å². The van der Waals surface area contributed by atoms with Gasteiger partial charge in [0.1, 0.15) is 0 Å². The van der Waals surface area contributed by atoms with E-state index in [0.717, 1.165) is 59.0 Å². The molecule has 33 heavy (non-hydrogen) atoms. The van der Waals surface area contributed by atoms with Crippen LogP contribution in [0.25, 0.3) is 26.6 Å². The molecule has 8 heteroatoms. The molecule has 0 spiro atoms. The SMILES string of the molecule is CCN(CC)CCCCC(=O)c1cnc2c(c1)sc1nc(-c3ccc(C(=O)NC)cc3)cn12. The number of nitrogens with one attached hydrogen (secondary N) is 1. The monoisotopic (exact) mass is 463 g/mol. The van der Waals surface area contributed by atoms with Crippen LogP contribution in [0, 0.1) is 0 Å². The van der Waals surface area contributed by atoms with Crippen molar-refractivity contribution in [3.05, 3.63) is 53.9 Å². The Kier molecular flexibility index (Phi) is 7.15. The molecule has 4 rings (SSSR count). The molecule has 1 aromatic carbocycles. The van der Waals surface area contributed by atoms with Gasteiger partial charge in [0.05, 0.1) is 10.4 Å². The van der Waals surface area contributed by atoms with Crippen LogP contribution in [0.2, 0.25) is 0 Å². The summed E-state index contributed by atoms with van der Waals surface area (Å²) in [5, 5.41) is 2.62. The molecular formula is C25H29N5O2S. The zero-order valence-corrected chi connectivity index (χ0v) is 20.1. The van der Waals surface area contributed by atoms with Crippen molar-refractivity contribution in [2.75, 3.05) is 26.7 Å². The summed E-state index contributed by atoms with van der Waals surface area (Å²) < 4.78 is 2.91. The van der Waals surface area contributed by atoms with Gasteiger partial charge in [0.2, 0.25) is 0 Å². The summed E-state index contributed by atoms with van der Waals surface area (Å²) in [5.41, 5.74) is 3.83. The Morgan fingerprint density at radius 2 is 1.85 bits per heavy atom. The van der Waals surface area contributed by atoms with E-state index >= 15 is 0 Å². The van der Waals surface area contributed by atoms with Gasteiger partial charge < -0.3 is 10.2 Å². The highest BCUT2D eigenvalue weighted by atomic mass is 32.1. The van der Waals surface area contributed by atoms with E-state index in [2.05, 4.69) is 29.0 Å². The van der Waals surface area contributed by atoms with Gasteiger partial charge in [-0.3, -0.25) is 14.0 Å². The van der Waals surface area contributed by atoms with Gasteiger partial charge >= 0.3 is 0 Å². The van der Waals surface area contributed by atoms with Crippen LogP contribution in [0.5, 0.6) is 0 Å². The number of rotatable bonds is 10. The minimum Gasteiger partial charge on any atom is -0.355 e. The maximum absolute atomic E-state index is 12.7. The average Bonchev–Trinajstić information content (AvgIpc) is 3.41. The summed E-state index contributed by atoms with van der Waals surface area (Å²) in [4.78, 5) is 36.9. The van der Waals surface area contributed by atoms with E-state index in [9.17, 15) is 9.59 Å². The second-order valence-corrected chi connectivity index (χ2v) is 9.00. The lowest BCUT2D eigenvalue weighted by atomic mass is 10.1. The van der Waals surface area contributed by atoms with Crippen LogP contribution in [0.4, 0.5) is 0 Å². The Morgan fingerprint density at radius 1 is 1.09 bits per heavy atom. The number of unbranched alkanes of at least 4 members (excludes halogenated alkanes) is 1. The number of aromatic nitrogens is 3. The number of thiazole rings is 1. The van der Waals surface area contributed by atoms with Crippen LogP contribution in [-0.2, 0) is 0 Å². The fourth-order valence-corrected chi connectivity index (χ4v) is 4.92. The molecule has 3 heterocycles. The van der Waals surface area contributed by atoms with E-state index in [1.165, 1.54) is 11.3 Å². The molecule has 0 saturated carbocycles. The van der Waals surface area contributed by atoms with Gasteiger partial charge in [-0.2, -0.15) is 0 Å². The summed E-state index contributed by atoms with van der Waals surface area (Å²) in [6.45, 7) is 7.47. The minimum absolute atomic E-state index is 0.114. The lowest BCUT2D eigenvalue weighted by Gasteiger charge is -2.17. The molecule has 0 aliphatic carbocycles. The predicted molar refractivity (Wildman–Crippen MR) is 133 cm³/mol. The van der Waals surface area contributed by atoms with Gasteiger partial charge in [-0.15, -0.1) is 0 Å². The first-order valence-corrected chi connectivity index (χ1v) is 12.2. The number of benzene rings is 1. The number of imidazole rings is 1. The first kappa shape index (κ1) is 23.1. The highest BCUT2D eigenvalue weighted by molar-refractivity contribution is 7.23. The van der Waals surface area contributed by atoms with E-state index in [1.54, 1.807) is 25.4 Å². The second-order valence-electron chi connectivity index (χ2n) is 7.99. The summed E-state index contributed by atoms with van der Waals surface area (Å²) in [6, 6.07) is 9.30. The van der Waals surface area contributed by atoms with E-state index in [4.69, 9.17) is 4.98 Å². The van der Waals surface area contributed by atoms with Crippen LogP contribution in [0.15, 0.2) is 42.7 Å². The number of hydrogen-bond acceptors (Lipinski definition) is 6. The Morgan fingerprint density at radius 3 is 2.55 bits per heavy atom. The van der Waals surface area contributed by atoms with Crippen molar-refractivity contribution < 1.29 is 9.59 Å². The van der Waals surface area contributed by atoms with Crippen molar-refractivity contribution in [2.24, 2.45) is 0 Å². The minimum atomic E-state index is -0.114. The molecule has 1 amide bonds. The Balaban J connectivity index is 1.47. The summed E-state index contributed by atoms with van der Waals surface area (Å²) in [5.74, 6) is 0.0312. The molecule has 0 fully saturated rings. The third-order valence-electron chi connectivity index (χ3n) is 5.95. The van der Waals surface area contributed by atoms with E-state index in [0.29, 0.717) is 17.5 Å². The molecule has 0 saturated heterocycles. The molecule has 0 aliphatic rings. The van der Waals surface area contributed by atoms with Gasteiger partial charge in [0, 0.05) is 42.6 Å². The molecular weight excluding hydrogens is 434 g/mol. The summed E-state index contributed by atoms with van der Waals surface area (Å²) >= 11 is 1.52. The third-order valence-corrected chi connectivity index (χ3v) is 6.94. The van der Waals surface area contributed by atoms with Gasteiger partial charge in [-0.25, -0.2) is 9.97 Å². The molecule has 0 unspecified atom stereocenters. The summed E-state index contributed by atoms with van der Waals surface area (Å²) in [6.07, 6.45) is 6.10. The number of pyridine rings is 1. The number of carbonyl (C=O) groups is 2. The van der Waals surface area contributed by atoms with Crippen LogP contribution in [-0.4, -0.2) is 57.6 Å². The normalized spacial score (nSPS) is 11.5. The summed E-state index contributed by atoms with van der Waals surface area (Å²) in [7, 11) is 1.62. The number of Topliss-reactive ketones (excluding diaryl/α,β-unsaturated/α-hetero) is 1. The first-order valence-electron chi connectivity index (χ1n) is 11.4. The van der Waals surface area contributed by atoms with Gasteiger partial charge in [0.25, 0.3) is 5.91 Å². The average molecular weight is 464 g/mol. The molecule has 0 atom stereocenters. The number of nitrogens with zero attached hydrogens (tertiary/aromatic N) is 4. The number of ketones is 1. The second kappa shape index (κ2) is 10.2. The van der Waals surface area contributed by atoms with Crippen molar-refractivity contribution in [1.82, 2.24) is 24.6 Å². The zero-order valence-electron chi connectivity index (χ0n) is 19.3. The first-order chi connectivity index (χ1) is 16.0. The molecule has 4 aromatic rings. The van der Waals surface area contributed by atoms with Crippen molar-refractivity contribution in [2.45, 2.75) is 33.1 Å². The van der Waals surface area contributed by atoms with Crippen molar-refractivity contribution in [3.8, 4) is 11.3 Å². The molecule has 172 valence electrons. The predicted octanol–water partition coefficient (Wildman–Crippen LogP) is 4.67. The highest BCUT2D eigenvalue weighted by Gasteiger charge is 2.14. The number of hydrogen-bond donors (Lipinski definition) is 1. The van der Waals surface area contributed by atoms with Crippen LogP contribution < -0.4 is 5.32 Å². The lowest BCUT2D eigenvalue weighted by molar-refractivity contribution is 0.0959. The Bertz CT molecular complexity index is 1270. The topological polar surface area (TPSA) is 79.6 Å². The molecule has 0 bridgehead atoms. The fourth-order valence-electron chi connectivity index (χ4n) is 3.91. The maximum Gasteiger partial charge on any atom is 0.251 e. The van der Waals surface area contributed by atoms with Gasteiger partial charge in [-0.05, 0) is 50.7 Å². The molecule has 7 nitrogen and oxygen atoms in total. The van der Waals surface area contributed by atoms with E-state index < -0.39 is 0 Å². The molecule has 0 aliphatic heterocycles. The van der Waals surface area contributed by atoms with Crippen LogP contribution in [0.3, 0.4) is 0 Å². The number of fused-ring (bicyclic) bond motifs is 3. The fraction of sp³-hybridized carbons (Fsp3) is 0.360. The highest BCUT2D eigenvalue weighted by Crippen LogP contribution is 2.29. The maximum atomic E-state index is 12.7. The van der Waals surface area contributed by atoms with Crippen LogP contribution in [0.1, 0.15) is 53.8 Å². The Labute approximate surface area is 197 Å². The number of amides is 1. The molecule has 3 aromatic heterocycles. The van der Waals surface area contributed by atoms with Crippen molar-refractivity contribution in [1.29, 1.82) is 0 Å². The van der Waals surface area contributed by atoms with E-state index in [1.807, 2.05) is 28.8 Å². The zero-order chi connectivity index (χ0) is 23.4.